The summed E-state index contributed by atoms with van der Waals surface area (Å²) in [7, 11) is 0. The molecule has 29 heavy (non-hydrogen) atoms. The second-order valence-electron chi connectivity index (χ2n) is 8.22. The highest BCUT2D eigenvalue weighted by molar-refractivity contribution is 5.90. The Morgan fingerprint density at radius 3 is 2.45 bits per heavy atom. The first-order chi connectivity index (χ1) is 13.7. The maximum atomic E-state index is 15.1. The normalized spacial score (nSPS) is 19.0. The van der Waals surface area contributed by atoms with E-state index < -0.39 is 23.5 Å². The maximum absolute atomic E-state index is 15.1. The van der Waals surface area contributed by atoms with Crippen molar-refractivity contribution in [1.82, 2.24) is 4.57 Å². The molecule has 0 saturated heterocycles. The van der Waals surface area contributed by atoms with Crippen LogP contribution in [0.2, 0.25) is 0 Å². The summed E-state index contributed by atoms with van der Waals surface area (Å²) in [5, 5.41) is 19.6. The maximum Gasteiger partial charge on any atom is 0.306 e. The lowest BCUT2D eigenvalue weighted by Gasteiger charge is -2.34. The van der Waals surface area contributed by atoms with Crippen LogP contribution in [0.4, 0.5) is 8.78 Å². The largest absolute Gasteiger partial charge is 0.505 e. The molecular weight excluding hydrogens is 376 g/mol. The van der Waals surface area contributed by atoms with Gasteiger partial charge in [0.1, 0.15) is 5.82 Å². The van der Waals surface area contributed by atoms with Crippen LogP contribution in [-0.4, -0.2) is 20.7 Å². The first-order valence-corrected chi connectivity index (χ1v) is 9.75. The monoisotopic (exact) mass is 399 g/mol. The number of aromatic nitrogens is 1. The lowest BCUT2D eigenvalue weighted by Crippen LogP contribution is -2.29. The SMILES string of the molecule is Cc1cc(-n2c(C(C)C)c([C@H]3C[C@@H](C(=O)O)C3)c3c(F)c(O)ccc32)ccc1F. The van der Waals surface area contributed by atoms with Crippen molar-refractivity contribution in [2.24, 2.45) is 5.92 Å². The molecule has 0 aliphatic heterocycles. The molecule has 2 N–H and O–H groups in total. The van der Waals surface area contributed by atoms with E-state index in [-0.39, 0.29) is 17.7 Å². The Kier molecular flexibility index (Phi) is 4.60. The molecule has 2 aromatic carbocycles. The number of carbonyl (C=O) groups is 1. The van der Waals surface area contributed by atoms with Crippen LogP contribution in [-0.2, 0) is 4.79 Å². The predicted molar refractivity (Wildman–Crippen MR) is 107 cm³/mol. The molecule has 0 radical (unpaired) electrons. The highest BCUT2D eigenvalue weighted by Crippen LogP contribution is 2.50. The van der Waals surface area contributed by atoms with E-state index in [1.807, 2.05) is 18.4 Å². The third kappa shape index (κ3) is 2.98. The molecule has 6 heteroatoms. The topological polar surface area (TPSA) is 62.5 Å². The summed E-state index contributed by atoms with van der Waals surface area (Å²) in [5.74, 6) is -2.82. The van der Waals surface area contributed by atoms with Crippen molar-refractivity contribution < 1.29 is 23.8 Å². The number of aliphatic carboxylic acids is 1. The molecular formula is C23H23F2NO3. The zero-order valence-corrected chi connectivity index (χ0v) is 16.5. The molecule has 4 rings (SSSR count). The van der Waals surface area contributed by atoms with Crippen molar-refractivity contribution in [3.63, 3.8) is 0 Å². The minimum atomic E-state index is -0.839. The standard InChI is InChI=1S/C23H23F2NO3/c1-11(2)22-19(13-9-14(10-13)23(28)29)20-17(6-7-18(27)21(20)25)26(22)15-4-5-16(24)12(3)8-15/h4-8,11,13-14,27H,9-10H2,1-3H3,(H,28,29)/t13-,14+. The lowest BCUT2D eigenvalue weighted by molar-refractivity contribution is -0.145. The van der Waals surface area contributed by atoms with Crippen molar-refractivity contribution >= 4 is 16.9 Å². The fourth-order valence-electron chi connectivity index (χ4n) is 4.46. The lowest BCUT2D eigenvalue weighted by atomic mass is 9.70. The first kappa shape index (κ1) is 19.4. The molecule has 0 atom stereocenters. The number of carboxylic acids is 1. The van der Waals surface area contributed by atoms with Gasteiger partial charge in [0.25, 0.3) is 0 Å². The Labute approximate surface area is 167 Å². The minimum absolute atomic E-state index is 0.00757. The molecule has 1 fully saturated rings. The number of nitrogens with zero attached hydrogens (tertiary/aromatic N) is 1. The van der Waals surface area contributed by atoms with E-state index >= 15 is 4.39 Å². The third-order valence-corrected chi connectivity index (χ3v) is 5.97. The first-order valence-electron chi connectivity index (χ1n) is 9.75. The number of aromatic hydroxyl groups is 1. The Balaban J connectivity index is 2.03. The average Bonchev–Trinajstić information content (AvgIpc) is 2.95. The molecule has 0 amide bonds. The van der Waals surface area contributed by atoms with Crippen LogP contribution in [0.5, 0.6) is 5.75 Å². The highest BCUT2D eigenvalue weighted by Gasteiger charge is 2.40. The number of phenols is 1. The van der Waals surface area contributed by atoms with Gasteiger partial charge in [0.15, 0.2) is 11.6 Å². The van der Waals surface area contributed by atoms with Gasteiger partial charge in [-0.2, -0.15) is 0 Å². The van der Waals surface area contributed by atoms with E-state index in [4.69, 9.17) is 0 Å². The second-order valence-corrected chi connectivity index (χ2v) is 8.22. The fourth-order valence-corrected chi connectivity index (χ4v) is 4.46. The number of hydrogen-bond acceptors (Lipinski definition) is 2. The number of halogens is 2. The molecule has 4 nitrogen and oxygen atoms in total. The van der Waals surface area contributed by atoms with Crippen molar-refractivity contribution in [2.75, 3.05) is 0 Å². The van der Waals surface area contributed by atoms with Crippen molar-refractivity contribution in [3.05, 3.63) is 58.8 Å². The van der Waals surface area contributed by atoms with Gasteiger partial charge in [-0.25, -0.2) is 8.78 Å². The summed E-state index contributed by atoms with van der Waals surface area (Å²) in [4.78, 5) is 11.3. The Bertz CT molecular complexity index is 1130. The second kappa shape index (κ2) is 6.87. The Morgan fingerprint density at radius 2 is 1.86 bits per heavy atom. The zero-order valence-electron chi connectivity index (χ0n) is 16.5. The highest BCUT2D eigenvalue weighted by atomic mass is 19.1. The molecule has 1 heterocycles. The molecule has 0 unspecified atom stereocenters. The van der Waals surface area contributed by atoms with Crippen LogP contribution >= 0.6 is 0 Å². The van der Waals surface area contributed by atoms with E-state index in [2.05, 4.69) is 0 Å². The molecule has 152 valence electrons. The van der Waals surface area contributed by atoms with Gasteiger partial charge < -0.3 is 14.8 Å². The number of hydrogen-bond donors (Lipinski definition) is 2. The number of carboxylic acid groups (broad SMARTS) is 1. The average molecular weight is 399 g/mol. The van der Waals surface area contributed by atoms with Crippen molar-refractivity contribution in [3.8, 4) is 11.4 Å². The molecule has 1 saturated carbocycles. The summed E-state index contributed by atoms with van der Waals surface area (Å²) < 4.78 is 30.9. The van der Waals surface area contributed by atoms with Crippen molar-refractivity contribution in [1.29, 1.82) is 0 Å². The van der Waals surface area contributed by atoms with Gasteiger partial charge >= 0.3 is 5.97 Å². The van der Waals surface area contributed by atoms with Crippen molar-refractivity contribution in [2.45, 2.75) is 45.4 Å². The van der Waals surface area contributed by atoms with Gasteiger partial charge in [0.05, 0.1) is 11.4 Å². The zero-order chi connectivity index (χ0) is 21.0. The number of benzene rings is 2. The van der Waals surface area contributed by atoms with Crippen LogP contribution in [0.1, 0.15) is 55.3 Å². The molecule has 1 aliphatic rings. The van der Waals surface area contributed by atoms with Crippen LogP contribution in [0.3, 0.4) is 0 Å². The van der Waals surface area contributed by atoms with Crippen LogP contribution in [0.25, 0.3) is 16.6 Å². The van der Waals surface area contributed by atoms with Crippen LogP contribution in [0.15, 0.2) is 30.3 Å². The smallest absolute Gasteiger partial charge is 0.306 e. The summed E-state index contributed by atoms with van der Waals surface area (Å²) >= 11 is 0. The van der Waals surface area contributed by atoms with E-state index in [9.17, 15) is 19.4 Å². The van der Waals surface area contributed by atoms with Gasteiger partial charge in [0.2, 0.25) is 0 Å². The van der Waals surface area contributed by atoms with Gasteiger partial charge in [-0.05, 0) is 73.1 Å². The quantitative estimate of drug-likeness (QED) is 0.598. The molecule has 3 aromatic rings. The van der Waals surface area contributed by atoms with Crippen LogP contribution < -0.4 is 0 Å². The Hall–Kier alpha value is -2.89. The molecule has 0 bridgehead atoms. The summed E-state index contributed by atoms with van der Waals surface area (Å²) in [6.45, 7) is 5.67. The number of aryl methyl sites for hydroxylation is 1. The van der Waals surface area contributed by atoms with Crippen LogP contribution in [0, 0.1) is 24.5 Å². The number of fused-ring (bicyclic) bond motifs is 1. The number of phenolic OH excluding ortho intramolecular Hbond substituents is 1. The van der Waals surface area contributed by atoms with Gasteiger partial charge in [-0.1, -0.05) is 13.8 Å². The van der Waals surface area contributed by atoms with E-state index in [0.29, 0.717) is 35.0 Å². The number of rotatable bonds is 4. The van der Waals surface area contributed by atoms with E-state index in [1.165, 1.54) is 12.1 Å². The van der Waals surface area contributed by atoms with E-state index in [1.54, 1.807) is 25.1 Å². The fraction of sp³-hybridized carbons (Fsp3) is 0.348. The summed E-state index contributed by atoms with van der Waals surface area (Å²) in [6.07, 6.45) is 0.872. The summed E-state index contributed by atoms with van der Waals surface area (Å²) in [6, 6.07) is 7.74. The van der Waals surface area contributed by atoms with Gasteiger partial charge in [-0.3, -0.25) is 4.79 Å². The predicted octanol–water partition coefficient (Wildman–Crippen LogP) is 5.62. The minimum Gasteiger partial charge on any atom is -0.505 e. The van der Waals surface area contributed by atoms with Gasteiger partial charge in [-0.15, -0.1) is 0 Å². The molecule has 0 spiro atoms. The van der Waals surface area contributed by atoms with Gasteiger partial charge in [0, 0.05) is 16.8 Å². The third-order valence-electron chi connectivity index (χ3n) is 5.97. The van der Waals surface area contributed by atoms with E-state index in [0.717, 1.165) is 11.3 Å². The molecule has 1 aliphatic carbocycles. The summed E-state index contributed by atoms with van der Waals surface area (Å²) in [5.41, 5.74) is 3.40. The Morgan fingerprint density at radius 1 is 1.17 bits per heavy atom. The molecule has 1 aromatic heterocycles.